The Morgan fingerprint density at radius 2 is 1.55 bits per heavy atom. The third kappa shape index (κ3) is 15.0. The van der Waals surface area contributed by atoms with E-state index in [2.05, 4.69) is 5.32 Å². The molecule has 0 bridgehead atoms. The number of nitrogens with zero attached hydrogens (tertiary/aromatic N) is 2. The smallest absolute Gasteiger partial charge is 0.328 e. The van der Waals surface area contributed by atoms with E-state index in [1.165, 1.54) is 0 Å². The first-order valence-corrected chi connectivity index (χ1v) is 10.1. The number of benzene rings is 1. The van der Waals surface area contributed by atoms with Gasteiger partial charge in [0, 0.05) is 41.3 Å². The van der Waals surface area contributed by atoms with Crippen molar-refractivity contribution in [2.75, 3.05) is 40.3 Å². The molecular formula is C20H29Cl2N3O6. The molecule has 0 aliphatic rings. The molecule has 9 nitrogen and oxygen atoms in total. The van der Waals surface area contributed by atoms with Crippen molar-refractivity contribution in [3.05, 3.63) is 40.4 Å². The van der Waals surface area contributed by atoms with E-state index in [-0.39, 0.29) is 12.1 Å². The number of carbonyl (C=O) groups is 3. The fourth-order valence-electron chi connectivity index (χ4n) is 2.10. The van der Waals surface area contributed by atoms with Gasteiger partial charge >= 0.3 is 18.0 Å². The minimum absolute atomic E-state index is 0.0842. The molecule has 0 saturated carbocycles. The molecule has 0 unspecified atom stereocenters. The van der Waals surface area contributed by atoms with Gasteiger partial charge in [0.25, 0.3) is 0 Å². The number of aliphatic carboxylic acids is 2. The summed E-state index contributed by atoms with van der Waals surface area (Å²) in [6.07, 6.45) is 1.12. The lowest BCUT2D eigenvalue weighted by atomic mass is 10.3. The maximum absolute atomic E-state index is 12.2. The number of carbonyl (C=O) groups excluding carboxylic acids is 1. The summed E-state index contributed by atoms with van der Waals surface area (Å²) in [4.78, 5) is 35.1. The number of carboxylic acid groups (broad SMARTS) is 2. The number of nitrogens with one attached hydrogen (secondary N) is 1. The van der Waals surface area contributed by atoms with Gasteiger partial charge in [-0.1, -0.05) is 23.2 Å². The Balaban J connectivity index is 0.000000954. The molecular weight excluding hydrogens is 449 g/mol. The van der Waals surface area contributed by atoms with Crippen LogP contribution < -0.4 is 10.1 Å². The summed E-state index contributed by atoms with van der Waals surface area (Å²) in [5.41, 5.74) is 0. The van der Waals surface area contributed by atoms with E-state index in [4.69, 9.17) is 38.2 Å². The first-order valence-electron chi connectivity index (χ1n) is 9.34. The minimum atomic E-state index is -1.26. The zero-order chi connectivity index (χ0) is 24.0. The third-order valence-electron chi connectivity index (χ3n) is 3.52. The maximum Gasteiger partial charge on any atom is 0.328 e. The Bertz CT molecular complexity index is 720. The second kappa shape index (κ2) is 15.3. The van der Waals surface area contributed by atoms with Crippen LogP contribution in [-0.4, -0.2) is 84.4 Å². The summed E-state index contributed by atoms with van der Waals surface area (Å²) >= 11 is 11.9. The van der Waals surface area contributed by atoms with Crippen LogP contribution in [-0.2, 0) is 9.59 Å². The van der Waals surface area contributed by atoms with Gasteiger partial charge in [0.2, 0.25) is 0 Å². The lowest BCUT2D eigenvalue weighted by Crippen LogP contribution is -2.47. The van der Waals surface area contributed by atoms with E-state index in [1.54, 1.807) is 23.1 Å². The van der Waals surface area contributed by atoms with Gasteiger partial charge in [0.1, 0.15) is 12.4 Å². The predicted octanol–water partition coefficient (Wildman–Crippen LogP) is 3.07. The predicted molar refractivity (Wildman–Crippen MR) is 120 cm³/mol. The van der Waals surface area contributed by atoms with Crippen LogP contribution in [0.3, 0.4) is 0 Å². The number of ether oxygens (including phenoxy) is 1. The molecule has 1 aromatic carbocycles. The van der Waals surface area contributed by atoms with Crippen molar-refractivity contribution in [3.8, 4) is 5.75 Å². The molecule has 0 fully saturated rings. The summed E-state index contributed by atoms with van der Waals surface area (Å²) in [6.45, 7) is 6.21. The van der Waals surface area contributed by atoms with Gasteiger partial charge < -0.3 is 30.1 Å². The first kappa shape index (κ1) is 28.5. The highest BCUT2D eigenvalue weighted by molar-refractivity contribution is 6.34. The Morgan fingerprint density at radius 1 is 1.03 bits per heavy atom. The summed E-state index contributed by atoms with van der Waals surface area (Å²) < 4.78 is 5.64. The Labute approximate surface area is 192 Å². The average molecular weight is 478 g/mol. The van der Waals surface area contributed by atoms with Crippen LogP contribution in [0.25, 0.3) is 0 Å². The van der Waals surface area contributed by atoms with E-state index in [0.717, 1.165) is 6.54 Å². The van der Waals surface area contributed by atoms with Crippen molar-refractivity contribution < 1.29 is 29.3 Å². The van der Waals surface area contributed by atoms with Gasteiger partial charge in [-0.25, -0.2) is 14.4 Å². The Morgan fingerprint density at radius 3 is 1.97 bits per heavy atom. The standard InChI is InChI=1S/C16H25Cl2N3O2.C4H4O4/c1-12(2)21(16(22)19-5-6-20(3)4)7-8-23-15-10-13(17)9-14(18)11-15;5-3(6)1-2-4(7)8/h9-12H,5-8H2,1-4H3,(H,19,22);1-2H,(H,5,6)(H,7,8). The fourth-order valence-corrected chi connectivity index (χ4v) is 2.60. The van der Waals surface area contributed by atoms with Crippen LogP contribution >= 0.6 is 23.2 Å². The Kier molecular flexibility index (Phi) is 14.1. The zero-order valence-corrected chi connectivity index (χ0v) is 19.5. The quantitative estimate of drug-likeness (QED) is 0.442. The number of carboxylic acids is 2. The zero-order valence-electron chi connectivity index (χ0n) is 18.0. The van der Waals surface area contributed by atoms with Gasteiger partial charge in [0.15, 0.2) is 0 Å². The second-order valence-electron chi connectivity index (χ2n) is 6.79. The van der Waals surface area contributed by atoms with Crippen molar-refractivity contribution in [2.45, 2.75) is 19.9 Å². The second-order valence-corrected chi connectivity index (χ2v) is 7.66. The number of urea groups is 1. The van der Waals surface area contributed by atoms with Crippen LogP contribution in [0.15, 0.2) is 30.4 Å². The maximum atomic E-state index is 12.2. The van der Waals surface area contributed by atoms with Gasteiger partial charge in [-0.2, -0.15) is 0 Å². The van der Waals surface area contributed by atoms with Crippen LogP contribution in [0.1, 0.15) is 13.8 Å². The number of likely N-dealkylation sites (N-methyl/N-ethyl adjacent to an activating group) is 1. The molecule has 174 valence electrons. The first-order chi connectivity index (χ1) is 14.4. The van der Waals surface area contributed by atoms with Crippen molar-refractivity contribution in [1.29, 1.82) is 0 Å². The van der Waals surface area contributed by atoms with E-state index in [1.807, 2.05) is 32.8 Å². The molecule has 0 radical (unpaired) electrons. The van der Waals surface area contributed by atoms with Gasteiger partial charge in [-0.05, 0) is 46.1 Å². The highest BCUT2D eigenvalue weighted by Crippen LogP contribution is 2.24. The van der Waals surface area contributed by atoms with Crippen molar-refractivity contribution >= 4 is 41.2 Å². The molecule has 0 aromatic heterocycles. The molecule has 3 N–H and O–H groups in total. The number of hydrogen-bond donors (Lipinski definition) is 3. The van der Waals surface area contributed by atoms with Gasteiger partial charge in [0.05, 0.1) is 6.54 Å². The van der Waals surface area contributed by atoms with E-state index < -0.39 is 11.9 Å². The average Bonchev–Trinajstić information content (AvgIpc) is 2.62. The summed E-state index contributed by atoms with van der Waals surface area (Å²) in [5.74, 6) is -1.92. The molecule has 1 rings (SSSR count). The highest BCUT2D eigenvalue weighted by atomic mass is 35.5. The molecule has 0 heterocycles. The summed E-state index contributed by atoms with van der Waals surface area (Å²) in [6, 6.07) is 5.04. The molecule has 11 heteroatoms. The number of hydrogen-bond acceptors (Lipinski definition) is 5. The van der Waals surface area contributed by atoms with Crippen LogP contribution in [0.4, 0.5) is 4.79 Å². The number of amides is 2. The fraction of sp³-hybridized carbons (Fsp3) is 0.450. The lowest BCUT2D eigenvalue weighted by Gasteiger charge is -2.27. The molecule has 0 saturated heterocycles. The molecule has 0 aliphatic carbocycles. The largest absolute Gasteiger partial charge is 0.492 e. The molecule has 0 aliphatic heterocycles. The number of halogens is 2. The van der Waals surface area contributed by atoms with Crippen molar-refractivity contribution in [2.24, 2.45) is 0 Å². The molecule has 31 heavy (non-hydrogen) atoms. The van der Waals surface area contributed by atoms with E-state index in [0.29, 0.717) is 47.6 Å². The van der Waals surface area contributed by atoms with Crippen molar-refractivity contribution in [3.63, 3.8) is 0 Å². The summed E-state index contributed by atoms with van der Waals surface area (Å²) in [5, 5.41) is 19.6. The number of rotatable bonds is 10. The Hall–Kier alpha value is -2.49. The van der Waals surface area contributed by atoms with E-state index >= 15 is 0 Å². The van der Waals surface area contributed by atoms with E-state index in [9.17, 15) is 14.4 Å². The minimum Gasteiger partial charge on any atom is -0.492 e. The van der Waals surface area contributed by atoms with Gasteiger partial charge in [-0.3, -0.25) is 0 Å². The molecule has 0 atom stereocenters. The van der Waals surface area contributed by atoms with Crippen LogP contribution in [0, 0.1) is 0 Å². The lowest BCUT2D eigenvalue weighted by molar-refractivity contribution is -0.134. The van der Waals surface area contributed by atoms with Gasteiger partial charge in [-0.15, -0.1) is 0 Å². The van der Waals surface area contributed by atoms with Crippen molar-refractivity contribution in [1.82, 2.24) is 15.1 Å². The van der Waals surface area contributed by atoms with Crippen LogP contribution in [0.5, 0.6) is 5.75 Å². The molecule has 0 spiro atoms. The summed E-state index contributed by atoms with van der Waals surface area (Å²) in [7, 11) is 3.94. The molecule has 1 aromatic rings. The SMILES string of the molecule is CC(C)N(CCOc1cc(Cl)cc(Cl)c1)C(=O)NCCN(C)C.O=C(O)C=CC(=O)O. The normalized spacial score (nSPS) is 10.6. The topological polar surface area (TPSA) is 119 Å². The molecule has 2 amide bonds. The monoisotopic (exact) mass is 477 g/mol. The van der Waals surface area contributed by atoms with Crippen LogP contribution in [0.2, 0.25) is 10.0 Å². The highest BCUT2D eigenvalue weighted by Gasteiger charge is 2.16. The third-order valence-corrected chi connectivity index (χ3v) is 3.96.